The highest BCUT2D eigenvalue weighted by Crippen LogP contribution is 2.16. The number of halogens is 1. The molecule has 0 saturated carbocycles. The SMILES string of the molecule is Cc1nn(-c2ccc(Cl)cc2)cc1C(=O)Nc1n[nH]c(C(C)C)n1. The first-order valence-corrected chi connectivity index (χ1v) is 7.87. The van der Waals surface area contributed by atoms with E-state index < -0.39 is 0 Å². The summed E-state index contributed by atoms with van der Waals surface area (Å²) in [6.07, 6.45) is 1.67. The first-order valence-electron chi connectivity index (χ1n) is 7.50. The molecule has 8 heteroatoms. The minimum Gasteiger partial charge on any atom is -0.289 e. The second-order valence-corrected chi connectivity index (χ2v) is 6.14. The van der Waals surface area contributed by atoms with Gasteiger partial charge in [0, 0.05) is 17.1 Å². The van der Waals surface area contributed by atoms with Crippen molar-refractivity contribution in [2.75, 3.05) is 5.32 Å². The van der Waals surface area contributed by atoms with Crippen LogP contribution in [0.15, 0.2) is 30.5 Å². The molecular weight excluding hydrogens is 328 g/mol. The average molecular weight is 345 g/mol. The topological polar surface area (TPSA) is 88.5 Å². The highest BCUT2D eigenvalue weighted by molar-refractivity contribution is 6.30. The first kappa shape index (κ1) is 16.2. The van der Waals surface area contributed by atoms with Crippen LogP contribution in [-0.2, 0) is 0 Å². The third kappa shape index (κ3) is 3.30. The predicted octanol–water partition coefficient (Wildman–Crippen LogP) is 3.33. The number of hydrogen-bond acceptors (Lipinski definition) is 4. The number of aromatic amines is 1. The molecule has 0 aliphatic heterocycles. The number of rotatable bonds is 4. The van der Waals surface area contributed by atoms with Crippen LogP contribution in [-0.4, -0.2) is 30.9 Å². The molecule has 0 spiro atoms. The zero-order valence-electron chi connectivity index (χ0n) is 13.5. The molecule has 2 N–H and O–H groups in total. The minimum absolute atomic E-state index is 0.206. The van der Waals surface area contributed by atoms with Gasteiger partial charge in [0.1, 0.15) is 5.82 Å². The van der Waals surface area contributed by atoms with Crippen molar-refractivity contribution in [3.8, 4) is 5.69 Å². The Bertz CT molecular complexity index is 865. The summed E-state index contributed by atoms with van der Waals surface area (Å²) in [7, 11) is 0. The van der Waals surface area contributed by atoms with Gasteiger partial charge in [0.15, 0.2) is 0 Å². The number of hydrogen-bond donors (Lipinski definition) is 2. The van der Waals surface area contributed by atoms with E-state index in [2.05, 4.69) is 25.6 Å². The van der Waals surface area contributed by atoms with Crippen molar-refractivity contribution >= 4 is 23.5 Å². The number of anilines is 1. The van der Waals surface area contributed by atoms with E-state index in [4.69, 9.17) is 11.6 Å². The van der Waals surface area contributed by atoms with E-state index in [1.807, 2.05) is 26.0 Å². The molecule has 24 heavy (non-hydrogen) atoms. The molecule has 1 amide bonds. The lowest BCUT2D eigenvalue weighted by Gasteiger charge is -2.00. The lowest BCUT2D eigenvalue weighted by atomic mass is 10.2. The Kier molecular flexibility index (Phi) is 4.35. The van der Waals surface area contributed by atoms with Crippen molar-refractivity contribution in [3.63, 3.8) is 0 Å². The monoisotopic (exact) mass is 344 g/mol. The van der Waals surface area contributed by atoms with E-state index in [1.165, 1.54) is 0 Å². The smallest absolute Gasteiger partial charge is 0.261 e. The van der Waals surface area contributed by atoms with Crippen molar-refractivity contribution in [1.29, 1.82) is 0 Å². The molecule has 1 aromatic carbocycles. The van der Waals surface area contributed by atoms with Crippen molar-refractivity contribution in [2.24, 2.45) is 0 Å². The fourth-order valence-electron chi connectivity index (χ4n) is 2.17. The summed E-state index contributed by atoms with van der Waals surface area (Å²) >= 11 is 5.89. The van der Waals surface area contributed by atoms with Gasteiger partial charge in [0.25, 0.3) is 5.91 Å². The maximum absolute atomic E-state index is 12.4. The number of nitrogens with one attached hydrogen (secondary N) is 2. The van der Waals surface area contributed by atoms with E-state index in [-0.39, 0.29) is 17.8 Å². The van der Waals surface area contributed by atoms with E-state index >= 15 is 0 Å². The Morgan fingerprint density at radius 2 is 2.00 bits per heavy atom. The summed E-state index contributed by atoms with van der Waals surface area (Å²) < 4.78 is 1.64. The van der Waals surface area contributed by atoms with E-state index in [9.17, 15) is 4.79 Å². The number of nitrogens with zero attached hydrogens (tertiary/aromatic N) is 4. The summed E-state index contributed by atoms with van der Waals surface area (Å²) in [4.78, 5) is 16.7. The van der Waals surface area contributed by atoms with E-state index in [0.29, 0.717) is 16.3 Å². The molecule has 2 aromatic heterocycles. The molecule has 0 radical (unpaired) electrons. The number of carbonyl (C=O) groups excluding carboxylic acids is 1. The van der Waals surface area contributed by atoms with Gasteiger partial charge in [-0.15, -0.1) is 5.10 Å². The van der Waals surface area contributed by atoms with Crippen LogP contribution in [0.3, 0.4) is 0 Å². The fourth-order valence-corrected chi connectivity index (χ4v) is 2.29. The Balaban J connectivity index is 1.81. The largest absolute Gasteiger partial charge is 0.289 e. The molecule has 0 atom stereocenters. The van der Waals surface area contributed by atoms with Crippen LogP contribution in [0.1, 0.15) is 41.6 Å². The highest BCUT2D eigenvalue weighted by atomic mass is 35.5. The Hall–Kier alpha value is -2.67. The normalized spacial score (nSPS) is 11.0. The van der Waals surface area contributed by atoms with Crippen LogP contribution in [0.2, 0.25) is 5.02 Å². The number of benzene rings is 1. The number of amides is 1. The van der Waals surface area contributed by atoms with Crippen LogP contribution in [0.25, 0.3) is 5.69 Å². The molecule has 0 bridgehead atoms. The van der Waals surface area contributed by atoms with Gasteiger partial charge in [0.05, 0.1) is 16.9 Å². The highest BCUT2D eigenvalue weighted by Gasteiger charge is 2.16. The molecule has 124 valence electrons. The van der Waals surface area contributed by atoms with Crippen LogP contribution >= 0.6 is 11.6 Å². The second kappa shape index (κ2) is 6.45. The molecule has 0 unspecified atom stereocenters. The predicted molar refractivity (Wildman–Crippen MR) is 91.7 cm³/mol. The maximum Gasteiger partial charge on any atom is 0.261 e. The average Bonchev–Trinajstić information content (AvgIpc) is 3.15. The number of aryl methyl sites for hydroxylation is 1. The first-order chi connectivity index (χ1) is 11.4. The summed E-state index contributed by atoms with van der Waals surface area (Å²) in [6.45, 7) is 5.76. The molecule has 0 aliphatic rings. The van der Waals surface area contributed by atoms with Crippen LogP contribution in [0, 0.1) is 6.92 Å². The van der Waals surface area contributed by atoms with Gasteiger partial charge in [-0.3, -0.25) is 15.2 Å². The summed E-state index contributed by atoms with van der Waals surface area (Å²) in [5.41, 5.74) is 1.89. The quantitative estimate of drug-likeness (QED) is 0.759. The zero-order valence-corrected chi connectivity index (χ0v) is 14.3. The van der Waals surface area contributed by atoms with Crippen LogP contribution in [0.4, 0.5) is 5.95 Å². The molecule has 3 rings (SSSR count). The van der Waals surface area contributed by atoms with Crippen LogP contribution in [0.5, 0.6) is 0 Å². The lowest BCUT2D eigenvalue weighted by Crippen LogP contribution is -2.13. The summed E-state index contributed by atoms with van der Waals surface area (Å²) in [6, 6.07) is 7.21. The van der Waals surface area contributed by atoms with Crippen molar-refractivity contribution in [2.45, 2.75) is 26.7 Å². The van der Waals surface area contributed by atoms with Gasteiger partial charge in [-0.1, -0.05) is 25.4 Å². The molecule has 3 aromatic rings. The molecule has 0 aliphatic carbocycles. The molecule has 2 heterocycles. The Labute approximate surface area is 144 Å². The number of carbonyl (C=O) groups is 1. The lowest BCUT2D eigenvalue weighted by molar-refractivity contribution is 0.102. The Morgan fingerprint density at radius 1 is 1.29 bits per heavy atom. The van der Waals surface area contributed by atoms with Crippen molar-refractivity contribution in [1.82, 2.24) is 25.0 Å². The Morgan fingerprint density at radius 3 is 2.62 bits per heavy atom. The second-order valence-electron chi connectivity index (χ2n) is 5.70. The van der Waals surface area contributed by atoms with Gasteiger partial charge in [-0.25, -0.2) is 4.68 Å². The molecule has 0 fully saturated rings. The van der Waals surface area contributed by atoms with Gasteiger partial charge < -0.3 is 0 Å². The molecular formula is C16H17ClN6O. The van der Waals surface area contributed by atoms with Crippen molar-refractivity contribution < 1.29 is 4.79 Å². The number of aromatic nitrogens is 5. The number of H-pyrrole nitrogens is 1. The van der Waals surface area contributed by atoms with E-state index in [1.54, 1.807) is 29.9 Å². The summed E-state index contributed by atoms with van der Waals surface area (Å²) in [5, 5.41) is 14.5. The van der Waals surface area contributed by atoms with Gasteiger partial charge in [-0.05, 0) is 31.2 Å². The molecule has 7 nitrogen and oxygen atoms in total. The zero-order chi connectivity index (χ0) is 17.3. The van der Waals surface area contributed by atoms with Gasteiger partial charge in [-0.2, -0.15) is 10.1 Å². The fraction of sp³-hybridized carbons (Fsp3) is 0.250. The summed E-state index contributed by atoms with van der Waals surface area (Å²) in [5.74, 6) is 0.876. The minimum atomic E-state index is -0.304. The standard InChI is InChI=1S/C16H17ClN6O/c1-9(2)14-18-16(21-20-14)19-15(24)13-8-23(22-10(13)3)12-6-4-11(17)5-7-12/h4-9H,1-3H3,(H2,18,19,20,21,24). The third-order valence-corrected chi connectivity index (χ3v) is 3.76. The van der Waals surface area contributed by atoms with Gasteiger partial charge in [0.2, 0.25) is 5.95 Å². The van der Waals surface area contributed by atoms with Gasteiger partial charge >= 0.3 is 0 Å². The van der Waals surface area contributed by atoms with Crippen LogP contribution < -0.4 is 5.32 Å². The van der Waals surface area contributed by atoms with Crippen molar-refractivity contribution in [3.05, 3.63) is 52.6 Å². The molecule has 0 saturated heterocycles. The maximum atomic E-state index is 12.4. The van der Waals surface area contributed by atoms with E-state index in [0.717, 1.165) is 11.5 Å². The third-order valence-electron chi connectivity index (χ3n) is 3.51.